The Morgan fingerprint density at radius 2 is 1.94 bits per heavy atom. The van der Waals surface area contributed by atoms with Gasteiger partial charge in [0.15, 0.2) is 5.78 Å². The van der Waals surface area contributed by atoms with Crippen LogP contribution < -0.4 is 10.6 Å². The summed E-state index contributed by atoms with van der Waals surface area (Å²) < 4.78 is 0. The zero-order valence-electron chi connectivity index (χ0n) is 11.3. The lowest BCUT2D eigenvalue weighted by Crippen LogP contribution is -2.46. The largest absolute Gasteiger partial charge is 0.338 e. The van der Waals surface area contributed by atoms with E-state index in [2.05, 4.69) is 10.6 Å². The van der Waals surface area contributed by atoms with E-state index < -0.39 is 0 Å². The molecule has 0 atom stereocenters. The number of carbonyl (C=O) groups excluding carboxylic acids is 2. The highest BCUT2D eigenvalue weighted by Crippen LogP contribution is 2.17. The molecule has 4 nitrogen and oxygen atoms in total. The molecule has 18 heavy (non-hydrogen) atoms. The van der Waals surface area contributed by atoms with Crippen LogP contribution in [0.3, 0.4) is 0 Å². The van der Waals surface area contributed by atoms with Crippen molar-refractivity contribution in [2.75, 3.05) is 6.54 Å². The molecule has 0 radical (unpaired) electrons. The quantitative estimate of drug-likeness (QED) is 0.825. The molecule has 1 heterocycles. The molecule has 0 aromatic carbocycles. The van der Waals surface area contributed by atoms with E-state index in [1.54, 1.807) is 6.92 Å². The third kappa shape index (κ3) is 5.31. The molecule has 2 amide bonds. The molecule has 0 unspecified atom stereocenters. The van der Waals surface area contributed by atoms with Crippen LogP contribution in [-0.2, 0) is 6.42 Å². The third-order valence-corrected chi connectivity index (χ3v) is 3.40. The van der Waals surface area contributed by atoms with Crippen LogP contribution in [0.25, 0.3) is 0 Å². The first-order valence-corrected chi connectivity index (χ1v) is 6.75. The van der Waals surface area contributed by atoms with Crippen molar-refractivity contribution >= 4 is 23.2 Å². The Balaban J connectivity index is 2.33. The predicted octanol–water partition coefficient (Wildman–Crippen LogP) is 2.59. The third-order valence-electron chi connectivity index (χ3n) is 2.15. The van der Waals surface area contributed by atoms with Gasteiger partial charge in [-0.15, -0.1) is 11.3 Å². The van der Waals surface area contributed by atoms with E-state index in [9.17, 15) is 9.59 Å². The van der Waals surface area contributed by atoms with Gasteiger partial charge >= 0.3 is 6.03 Å². The van der Waals surface area contributed by atoms with Crippen LogP contribution in [0.4, 0.5) is 4.79 Å². The Kier molecular flexibility index (Phi) is 4.90. The van der Waals surface area contributed by atoms with E-state index >= 15 is 0 Å². The van der Waals surface area contributed by atoms with Gasteiger partial charge in [0.1, 0.15) is 0 Å². The summed E-state index contributed by atoms with van der Waals surface area (Å²) in [5, 5.41) is 5.63. The summed E-state index contributed by atoms with van der Waals surface area (Å²) in [4.78, 5) is 24.5. The second kappa shape index (κ2) is 6.00. The van der Waals surface area contributed by atoms with Gasteiger partial charge in [-0.2, -0.15) is 0 Å². The monoisotopic (exact) mass is 268 g/mol. The maximum Gasteiger partial charge on any atom is 0.315 e. The number of nitrogens with one attached hydrogen (secondary N) is 2. The molecule has 0 saturated carbocycles. The Bertz CT molecular complexity index is 432. The summed E-state index contributed by atoms with van der Waals surface area (Å²) in [7, 11) is 0. The lowest BCUT2D eigenvalue weighted by molar-refractivity contribution is 0.102. The van der Waals surface area contributed by atoms with E-state index in [4.69, 9.17) is 0 Å². The minimum atomic E-state index is -0.227. The number of thiophene rings is 1. The maximum atomic E-state index is 11.5. The molecule has 2 N–H and O–H groups in total. The fraction of sp³-hybridized carbons (Fsp3) is 0.538. The molecule has 5 heteroatoms. The summed E-state index contributed by atoms with van der Waals surface area (Å²) in [6, 6.07) is 3.60. The van der Waals surface area contributed by atoms with E-state index in [0.717, 1.165) is 16.2 Å². The molecule has 0 bridgehead atoms. The Labute approximate surface area is 112 Å². The van der Waals surface area contributed by atoms with Gasteiger partial charge < -0.3 is 10.6 Å². The Morgan fingerprint density at radius 1 is 1.28 bits per heavy atom. The second-order valence-electron chi connectivity index (χ2n) is 5.20. The minimum Gasteiger partial charge on any atom is -0.338 e. The SMILES string of the molecule is CC(=O)c1ccc(CCNC(=O)NC(C)(C)C)s1. The van der Waals surface area contributed by atoms with Gasteiger partial charge in [-0.25, -0.2) is 4.79 Å². The van der Waals surface area contributed by atoms with Crippen LogP contribution in [0.5, 0.6) is 0 Å². The Hall–Kier alpha value is -1.36. The van der Waals surface area contributed by atoms with Gasteiger partial charge in [0.25, 0.3) is 0 Å². The zero-order chi connectivity index (χ0) is 13.8. The molecule has 0 spiro atoms. The van der Waals surface area contributed by atoms with Gasteiger partial charge in [0.2, 0.25) is 0 Å². The molecule has 0 aliphatic rings. The fourth-order valence-electron chi connectivity index (χ4n) is 1.39. The number of hydrogen-bond donors (Lipinski definition) is 2. The van der Waals surface area contributed by atoms with Gasteiger partial charge in [0.05, 0.1) is 4.88 Å². The standard InChI is InChI=1S/C13H20N2O2S/c1-9(16)11-6-5-10(18-11)7-8-14-12(17)15-13(2,3)4/h5-6H,7-8H2,1-4H3,(H2,14,15,17). The highest BCUT2D eigenvalue weighted by Gasteiger charge is 2.12. The smallest absolute Gasteiger partial charge is 0.315 e. The number of carbonyl (C=O) groups is 2. The van der Waals surface area contributed by atoms with Gasteiger partial charge in [0, 0.05) is 17.0 Å². The molecule has 100 valence electrons. The molecular weight excluding hydrogens is 248 g/mol. The maximum absolute atomic E-state index is 11.5. The number of urea groups is 1. The van der Waals surface area contributed by atoms with Crippen molar-refractivity contribution in [2.24, 2.45) is 0 Å². The molecule has 0 aliphatic carbocycles. The van der Waals surface area contributed by atoms with Crippen molar-refractivity contribution < 1.29 is 9.59 Å². The van der Waals surface area contributed by atoms with Crippen molar-refractivity contribution in [1.29, 1.82) is 0 Å². The van der Waals surface area contributed by atoms with Crippen molar-refractivity contribution in [3.8, 4) is 0 Å². The molecule has 1 rings (SSSR count). The Morgan fingerprint density at radius 3 is 2.44 bits per heavy atom. The summed E-state index contributed by atoms with van der Waals surface area (Å²) in [5.74, 6) is 0.0877. The van der Waals surface area contributed by atoms with Crippen LogP contribution in [0.2, 0.25) is 0 Å². The number of ketones is 1. The van der Waals surface area contributed by atoms with E-state index in [1.165, 1.54) is 11.3 Å². The first-order valence-electron chi connectivity index (χ1n) is 5.93. The molecule has 1 aromatic rings. The van der Waals surface area contributed by atoms with Crippen molar-refractivity contribution in [3.63, 3.8) is 0 Å². The van der Waals surface area contributed by atoms with Crippen LogP contribution in [-0.4, -0.2) is 23.9 Å². The highest BCUT2D eigenvalue weighted by atomic mass is 32.1. The number of Topliss-reactive ketones (excluding diaryl/α,β-unsaturated/α-hetero) is 1. The molecule has 0 saturated heterocycles. The van der Waals surface area contributed by atoms with Crippen LogP contribution in [0.15, 0.2) is 12.1 Å². The van der Waals surface area contributed by atoms with Crippen LogP contribution >= 0.6 is 11.3 Å². The zero-order valence-corrected chi connectivity index (χ0v) is 12.1. The van der Waals surface area contributed by atoms with Crippen molar-refractivity contribution in [1.82, 2.24) is 10.6 Å². The first kappa shape index (κ1) is 14.7. The normalized spacial score (nSPS) is 11.1. The van der Waals surface area contributed by atoms with Gasteiger partial charge in [-0.1, -0.05) is 0 Å². The predicted molar refractivity (Wildman–Crippen MR) is 74.3 cm³/mol. The number of amides is 2. The molecule has 1 aromatic heterocycles. The molecule has 0 aliphatic heterocycles. The van der Waals surface area contributed by atoms with E-state index in [0.29, 0.717) is 6.54 Å². The van der Waals surface area contributed by atoms with Gasteiger partial charge in [-0.05, 0) is 46.2 Å². The van der Waals surface area contributed by atoms with Crippen molar-refractivity contribution in [2.45, 2.75) is 39.7 Å². The summed E-state index contributed by atoms with van der Waals surface area (Å²) >= 11 is 1.48. The lowest BCUT2D eigenvalue weighted by atomic mass is 10.1. The highest BCUT2D eigenvalue weighted by molar-refractivity contribution is 7.14. The van der Waals surface area contributed by atoms with Crippen LogP contribution in [0, 0.1) is 0 Å². The minimum absolute atomic E-state index is 0.0877. The van der Waals surface area contributed by atoms with Gasteiger partial charge in [-0.3, -0.25) is 4.79 Å². The van der Waals surface area contributed by atoms with E-state index in [-0.39, 0.29) is 17.4 Å². The van der Waals surface area contributed by atoms with Crippen LogP contribution in [0.1, 0.15) is 42.2 Å². The average molecular weight is 268 g/mol. The lowest BCUT2D eigenvalue weighted by Gasteiger charge is -2.20. The van der Waals surface area contributed by atoms with Crippen molar-refractivity contribution in [3.05, 3.63) is 21.9 Å². The molecular formula is C13H20N2O2S. The average Bonchev–Trinajstić information content (AvgIpc) is 2.63. The molecule has 0 fully saturated rings. The summed E-state index contributed by atoms with van der Waals surface area (Å²) in [5.41, 5.74) is -0.227. The van der Waals surface area contributed by atoms with E-state index in [1.807, 2.05) is 32.9 Å². The topological polar surface area (TPSA) is 58.2 Å². The second-order valence-corrected chi connectivity index (χ2v) is 6.37. The number of rotatable bonds is 4. The first-order chi connectivity index (χ1) is 8.28. The summed E-state index contributed by atoms with van der Waals surface area (Å²) in [6.07, 6.45) is 0.746. The summed E-state index contributed by atoms with van der Waals surface area (Å²) in [6.45, 7) is 7.94. The number of hydrogen-bond acceptors (Lipinski definition) is 3. The fourth-order valence-corrected chi connectivity index (χ4v) is 2.29.